The van der Waals surface area contributed by atoms with E-state index in [9.17, 15) is 9.59 Å². The summed E-state index contributed by atoms with van der Waals surface area (Å²) >= 11 is 0. The maximum atomic E-state index is 11.2. The van der Waals surface area contributed by atoms with Gasteiger partial charge in [-0.3, -0.25) is 4.98 Å². The third-order valence-corrected chi connectivity index (χ3v) is 1.88. The third-order valence-electron chi connectivity index (χ3n) is 1.88. The Hall–Kier alpha value is -2.17. The van der Waals surface area contributed by atoms with Gasteiger partial charge in [0.2, 0.25) is 0 Å². The molecule has 1 rings (SSSR count). The largest absolute Gasteiger partial charge is 0.465 e. The van der Waals surface area contributed by atoms with Crippen molar-refractivity contribution < 1.29 is 19.1 Å². The van der Waals surface area contributed by atoms with E-state index in [4.69, 9.17) is 4.74 Å². The molecule has 0 aromatic carbocycles. The number of esters is 2. The van der Waals surface area contributed by atoms with Crippen molar-refractivity contribution in [3.63, 3.8) is 0 Å². The van der Waals surface area contributed by atoms with Crippen LogP contribution in [0.5, 0.6) is 0 Å². The van der Waals surface area contributed by atoms with Crippen molar-refractivity contribution in [1.82, 2.24) is 4.98 Å². The molecule has 0 saturated heterocycles. The fourth-order valence-corrected chi connectivity index (χ4v) is 1.13. The van der Waals surface area contributed by atoms with E-state index in [0.717, 1.165) is 0 Å². The Bertz CT molecular complexity index is 440. The summed E-state index contributed by atoms with van der Waals surface area (Å²) < 4.78 is 9.29. The van der Waals surface area contributed by atoms with Crippen LogP contribution < -0.4 is 0 Å². The summed E-state index contributed by atoms with van der Waals surface area (Å²) in [5, 5.41) is 0. The number of pyridine rings is 1. The summed E-state index contributed by atoms with van der Waals surface area (Å²) in [5.74, 6) is -0.903. The predicted molar refractivity (Wildman–Crippen MR) is 61.2 cm³/mol. The molecule has 5 heteroatoms. The standard InChI is InChI=1S/C12H13NO4/c1-3-17-11(14)5-4-9-6-10(8-13-7-9)12(15)16-2/h4-8H,3H2,1-2H3. The van der Waals surface area contributed by atoms with Crippen LogP contribution in [0.4, 0.5) is 0 Å². The van der Waals surface area contributed by atoms with E-state index in [1.807, 2.05) is 0 Å². The molecule has 1 aromatic heterocycles. The zero-order valence-corrected chi connectivity index (χ0v) is 9.67. The van der Waals surface area contributed by atoms with Crippen LogP contribution in [0.15, 0.2) is 24.5 Å². The predicted octanol–water partition coefficient (Wildman–Crippen LogP) is 1.44. The van der Waals surface area contributed by atoms with Crippen LogP contribution in [0.3, 0.4) is 0 Å². The molecule has 1 aromatic rings. The van der Waals surface area contributed by atoms with E-state index < -0.39 is 11.9 Å². The van der Waals surface area contributed by atoms with Crippen molar-refractivity contribution in [2.75, 3.05) is 13.7 Å². The van der Waals surface area contributed by atoms with Crippen molar-refractivity contribution in [2.24, 2.45) is 0 Å². The number of hydrogen-bond donors (Lipinski definition) is 0. The minimum Gasteiger partial charge on any atom is -0.465 e. The maximum Gasteiger partial charge on any atom is 0.339 e. The van der Waals surface area contributed by atoms with Gasteiger partial charge in [0.25, 0.3) is 0 Å². The number of ether oxygens (including phenoxy) is 2. The molecule has 17 heavy (non-hydrogen) atoms. The smallest absolute Gasteiger partial charge is 0.339 e. The van der Waals surface area contributed by atoms with Crippen LogP contribution in [0, 0.1) is 0 Å². The van der Waals surface area contributed by atoms with Crippen LogP contribution in [0.2, 0.25) is 0 Å². The first-order valence-electron chi connectivity index (χ1n) is 5.05. The summed E-state index contributed by atoms with van der Waals surface area (Å²) in [4.78, 5) is 26.2. The second-order valence-corrected chi connectivity index (χ2v) is 3.08. The Balaban J connectivity index is 2.78. The van der Waals surface area contributed by atoms with Crippen molar-refractivity contribution in [3.05, 3.63) is 35.7 Å². The Labute approximate surface area is 99.1 Å². The maximum absolute atomic E-state index is 11.2. The normalized spacial score (nSPS) is 10.2. The van der Waals surface area contributed by atoms with Gasteiger partial charge < -0.3 is 9.47 Å². The number of hydrogen-bond acceptors (Lipinski definition) is 5. The third kappa shape index (κ3) is 4.06. The second-order valence-electron chi connectivity index (χ2n) is 3.08. The summed E-state index contributed by atoms with van der Waals surface area (Å²) in [6, 6.07) is 1.58. The minimum absolute atomic E-state index is 0.323. The topological polar surface area (TPSA) is 65.5 Å². The van der Waals surface area contributed by atoms with E-state index in [1.54, 1.807) is 13.0 Å². The minimum atomic E-state index is -0.469. The van der Waals surface area contributed by atoms with Crippen molar-refractivity contribution in [1.29, 1.82) is 0 Å². The average Bonchev–Trinajstić information content (AvgIpc) is 2.36. The Morgan fingerprint density at radius 3 is 2.82 bits per heavy atom. The van der Waals surface area contributed by atoms with Gasteiger partial charge in [-0.1, -0.05) is 0 Å². The Morgan fingerprint density at radius 1 is 1.41 bits per heavy atom. The molecule has 0 bridgehead atoms. The lowest BCUT2D eigenvalue weighted by Crippen LogP contribution is -2.02. The molecule has 0 aliphatic rings. The van der Waals surface area contributed by atoms with Crippen LogP contribution in [0.25, 0.3) is 6.08 Å². The van der Waals surface area contributed by atoms with Gasteiger partial charge in [0.1, 0.15) is 0 Å². The highest BCUT2D eigenvalue weighted by Crippen LogP contribution is 2.06. The molecular formula is C12H13NO4. The average molecular weight is 235 g/mol. The number of rotatable bonds is 4. The number of carbonyl (C=O) groups is 2. The molecular weight excluding hydrogens is 222 g/mol. The first-order chi connectivity index (χ1) is 8.17. The van der Waals surface area contributed by atoms with E-state index in [2.05, 4.69) is 9.72 Å². The highest BCUT2D eigenvalue weighted by molar-refractivity contribution is 5.90. The van der Waals surface area contributed by atoms with Crippen LogP contribution in [-0.2, 0) is 14.3 Å². The van der Waals surface area contributed by atoms with Crippen molar-refractivity contribution >= 4 is 18.0 Å². The number of aromatic nitrogens is 1. The first kappa shape index (κ1) is 12.9. The number of methoxy groups -OCH3 is 1. The fraction of sp³-hybridized carbons (Fsp3) is 0.250. The van der Waals surface area contributed by atoms with E-state index in [1.165, 1.54) is 31.7 Å². The molecule has 1 heterocycles. The summed E-state index contributed by atoms with van der Waals surface area (Å²) in [6.07, 6.45) is 5.73. The van der Waals surface area contributed by atoms with Gasteiger partial charge in [0.15, 0.2) is 0 Å². The van der Waals surface area contributed by atoms with E-state index >= 15 is 0 Å². The molecule has 90 valence electrons. The molecule has 0 spiro atoms. The summed E-state index contributed by atoms with van der Waals surface area (Å²) in [5.41, 5.74) is 0.958. The van der Waals surface area contributed by atoms with Gasteiger partial charge in [-0.2, -0.15) is 0 Å². The zero-order chi connectivity index (χ0) is 12.7. The monoisotopic (exact) mass is 235 g/mol. The highest BCUT2D eigenvalue weighted by atomic mass is 16.5. The molecule has 0 radical (unpaired) electrons. The zero-order valence-electron chi connectivity index (χ0n) is 9.67. The van der Waals surface area contributed by atoms with Crippen LogP contribution >= 0.6 is 0 Å². The summed E-state index contributed by atoms with van der Waals surface area (Å²) in [6.45, 7) is 2.05. The highest BCUT2D eigenvalue weighted by Gasteiger charge is 2.05. The van der Waals surface area contributed by atoms with Gasteiger partial charge in [-0.15, -0.1) is 0 Å². The molecule has 5 nitrogen and oxygen atoms in total. The van der Waals surface area contributed by atoms with Crippen molar-refractivity contribution in [2.45, 2.75) is 6.92 Å². The molecule has 0 amide bonds. The van der Waals surface area contributed by atoms with Gasteiger partial charge >= 0.3 is 11.9 Å². The molecule has 0 atom stereocenters. The first-order valence-corrected chi connectivity index (χ1v) is 5.05. The molecule has 0 N–H and O–H groups in total. The quantitative estimate of drug-likeness (QED) is 0.583. The Morgan fingerprint density at radius 2 is 2.18 bits per heavy atom. The van der Waals surface area contributed by atoms with Gasteiger partial charge in [0.05, 0.1) is 19.3 Å². The summed E-state index contributed by atoms with van der Waals surface area (Å²) in [7, 11) is 1.30. The van der Waals surface area contributed by atoms with Gasteiger partial charge in [-0.05, 0) is 24.6 Å². The van der Waals surface area contributed by atoms with E-state index in [0.29, 0.717) is 17.7 Å². The Kier molecular flexibility index (Phi) is 4.87. The van der Waals surface area contributed by atoms with Gasteiger partial charge in [-0.25, -0.2) is 9.59 Å². The molecule has 0 saturated carbocycles. The van der Waals surface area contributed by atoms with Crippen molar-refractivity contribution in [3.8, 4) is 0 Å². The SMILES string of the molecule is CCOC(=O)C=Cc1cncc(C(=O)OC)c1. The van der Waals surface area contributed by atoms with Gasteiger partial charge in [0, 0.05) is 18.5 Å². The number of nitrogens with zero attached hydrogens (tertiary/aromatic N) is 1. The lowest BCUT2D eigenvalue weighted by atomic mass is 10.2. The molecule has 0 aliphatic carbocycles. The molecule has 0 unspecified atom stereocenters. The molecule has 0 fully saturated rings. The molecule has 0 aliphatic heterocycles. The lowest BCUT2D eigenvalue weighted by Gasteiger charge is -1.99. The lowest BCUT2D eigenvalue weighted by molar-refractivity contribution is -0.137. The van der Waals surface area contributed by atoms with Crippen LogP contribution in [0.1, 0.15) is 22.8 Å². The fourth-order valence-electron chi connectivity index (χ4n) is 1.13. The van der Waals surface area contributed by atoms with Crippen LogP contribution in [-0.4, -0.2) is 30.6 Å². The second kappa shape index (κ2) is 6.42. The van der Waals surface area contributed by atoms with E-state index in [-0.39, 0.29) is 0 Å². The number of carbonyl (C=O) groups excluding carboxylic acids is 2.